The van der Waals surface area contributed by atoms with Crippen molar-refractivity contribution in [1.82, 2.24) is 0 Å². The molecule has 11 nitrogen and oxygen atoms in total. The van der Waals surface area contributed by atoms with Crippen LogP contribution in [-0.4, -0.2) is 97.2 Å². The Morgan fingerprint density at radius 2 is 1.77 bits per heavy atom. The van der Waals surface area contributed by atoms with Gasteiger partial charge in [0.05, 0.1) is 31.0 Å². The van der Waals surface area contributed by atoms with Crippen LogP contribution in [0.15, 0.2) is 6.07 Å². The summed E-state index contributed by atoms with van der Waals surface area (Å²) in [5.41, 5.74) is -1.08. The van der Waals surface area contributed by atoms with Crippen molar-refractivity contribution in [3.05, 3.63) is 22.8 Å². The van der Waals surface area contributed by atoms with Gasteiger partial charge in [-0.15, -0.1) is 0 Å². The van der Waals surface area contributed by atoms with Gasteiger partial charge in [-0.05, 0) is 48.1 Å². The molecule has 0 radical (unpaired) electrons. The molecule has 1 aromatic rings. The Morgan fingerprint density at radius 3 is 2.42 bits per heavy atom. The van der Waals surface area contributed by atoms with Crippen molar-refractivity contribution in [2.45, 2.75) is 108 Å². The maximum atomic E-state index is 12.4. The van der Waals surface area contributed by atoms with Gasteiger partial charge >= 0.3 is 0 Å². The number of hydrogen-bond acceptors (Lipinski definition) is 11. The molecule has 0 aromatic heterocycles. The first-order valence-corrected chi connectivity index (χ1v) is 14.0. The number of carbonyl (C=O) groups is 1. The van der Waals surface area contributed by atoms with E-state index >= 15 is 0 Å². The summed E-state index contributed by atoms with van der Waals surface area (Å²) in [7, 11) is 0. The summed E-state index contributed by atoms with van der Waals surface area (Å²) >= 11 is 0. The molecule has 2 heterocycles. The Hall–Kier alpha value is -1.83. The maximum absolute atomic E-state index is 12.4. The highest BCUT2D eigenvalue weighted by Gasteiger charge is 2.68. The fraction of sp³-hybridized carbons (Fsp3) is 0.759. The molecule has 11 atom stereocenters. The minimum Gasteiger partial charge on any atom is -0.508 e. The van der Waals surface area contributed by atoms with E-state index in [1.165, 1.54) is 6.07 Å². The Balaban J connectivity index is 1.47. The molecule has 1 aromatic carbocycles. The van der Waals surface area contributed by atoms with Crippen LogP contribution in [0.3, 0.4) is 0 Å². The van der Waals surface area contributed by atoms with Crippen molar-refractivity contribution in [1.29, 1.82) is 0 Å². The van der Waals surface area contributed by atoms with Crippen LogP contribution in [0.4, 0.5) is 0 Å². The van der Waals surface area contributed by atoms with E-state index in [1.54, 1.807) is 0 Å². The van der Waals surface area contributed by atoms with Crippen LogP contribution in [0, 0.1) is 22.7 Å². The molecule has 5 rings (SSSR count). The van der Waals surface area contributed by atoms with E-state index < -0.39 is 66.0 Å². The highest BCUT2D eigenvalue weighted by atomic mass is 16.7. The van der Waals surface area contributed by atoms with Crippen molar-refractivity contribution >= 4 is 6.29 Å². The molecule has 1 spiro atoms. The van der Waals surface area contributed by atoms with E-state index in [0.717, 1.165) is 12.8 Å². The van der Waals surface area contributed by atoms with Crippen molar-refractivity contribution < 1.29 is 54.8 Å². The molecule has 11 heteroatoms. The number of carbonyl (C=O) groups excluding carboxylic acids is 1. The lowest BCUT2D eigenvalue weighted by Gasteiger charge is -2.64. The molecule has 40 heavy (non-hydrogen) atoms. The summed E-state index contributed by atoms with van der Waals surface area (Å²) in [6.07, 6.45) is -6.24. The monoisotopic (exact) mass is 566 g/mol. The second-order valence-electron chi connectivity index (χ2n) is 13.1. The van der Waals surface area contributed by atoms with Gasteiger partial charge in [-0.3, -0.25) is 4.79 Å². The highest BCUT2D eigenvalue weighted by Crippen LogP contribution is 2.67. The van der Waals surface area contributed by atoms with Gasteiger partial charge in [-0.1, -0.05) is 27.7 Å². The number of fused-ring (bicyclic) bond motifs is 3. The summed E-state index contributed by atoms with van der Waals surface area (Å²) in [5, 5.41) is 72.8. The van der Waals surface area contributed by atoms with Gasteiger partial charge in [0.1, 0.15) is 41.5 Å². The molecule has 224 valence electrons. The van der Waals surface area contributed by atoms with Crippen LogP contribution < -0.4 is 4.74 Å². The van der Waals surface area contributed by atoms with Crippen LogP contribution in [-0.2, 0) is 22.5 Å². The number of phenolic OH excluding ortho intramolecular Hbond substituents is 1. The summed E-state index contributed by atoms with van der Waals surface area (Å²) in [4.78, 5) is 12.4. The van der Waals surface area contributed by atoms with Gasteiger partial charge in [0.2, 0.25) is 0 Å². The number of aldehydes is 1. The third-order valence-corrected chi connectivity index (χ3v) is 10.7. The van der Waals surface area contributed by atoms with E-state index in [0.29, 0.717) is 24.7 Å². The summed E-state index contributed by atoms with van der Waals surface area (Å²) in [6.45, 7) is 7.19. The van der Waals surface area contributed by atoms with E-state index in [2.05, 4.69) is 13.8 Å². The quantitative estimate of drug-likeness (QED) is 0.245. The number of aliphatic hydroxyl groups is 6. The predicted octanol–water partition coefficient (Wildman–Crippen LogP) is 0.399. The zero-order chi connectivity index (χ0) is 29.4. The fourth-order valence-corrected chi connectivity index (χ4v) is 8.32. The molecule has 0 unspecified atom stereocenters. The van der Waals surface area contributed by atoms with Crippen molar-refractivity contribution in [2.75, 3.05) is 6.61 Å². The number of phenols is 1. The lowest BCUT2D eigenvalue weighted by molar-refractivity contribution is -0.304. The number of rotatable bonds is 5. The third kappa shape index (κ3) is 4.12. The topological polar surface area (TPSA) is 186 Å². The summed E-state index contributed by atoms with van der Waals surface area (Å²) in [6, 6.07) is 1.41. The van der Waals surface area contributed by atoms with Crippen LogP contribution in [0.1, 0.15) is 68.4 Å². The van der Waals surface area contributed by atoms with E-state index in [-0.39, 0.29) is 41.1 Å². The van der Waals surface area contributed by atoms with Crippen LogP contribution in [0.2, 0.25) is 0 Å². The lowest BCUT2D eigenvalue weighted by Crippen LogP contribution is -2.69. The third-order valence-electron chi connectivity index (χ3n) is 10.7. The number of ether oxygens (including phenoxy) is 3. The molecule has 2 aliphatic carbocycles. The predicted molar refractivity (Wildman–Crippen MR) is 140 cm³/mol. The fourth-order valence-electron chi connectivity index (χ4n) is 8.32. The molecule has 1 saturated heterocycles. The molecule has 0 bridgehead atoms. The zero-order valence-corrected chi connectivity index (χ0v) is 23.4. The normalized spacial score (nSPS) is 44.1. The second-order valence-corrected chi connectivity index (χ2v) is 13.1. The number of aliphatic hydroxyl groups excluding tert-OH is 6. The summed E-state index contributed by atoms with van der Waals surface area (Å²) < 4.78 is 17.9. The Labute approximate surface area is 233 Å². The van der Waals surface area contributed by atoms with Gasteiger partial charge in [0.15, 0.2) is 12.6 Å². The lowest BCUT2D eigenvalue weighted by atomic mass is 9.43. The molecular weight excluding hydrogens is 524 g/mol. The molecule has 0 amide bonds. The van der Waals surface area contributed by atoms with Crippen LogP contribution in [0.25, 0.3) is 0 Å². The minimum atomic E-state index is -1.62. The molecule has 2 saturated carbocycles. The Morgan fingerprint density at radius 1 is 1.07 bits per heavy atom. The van der Waals surface area contributed by atoms with E-state index in [1.807, 2.05) is 13.8 Å². The summed E-state index contributed by atoms with van der Waals surface area (Å²) in [5.74, 6) is 0.194. The second kappa shape index (κ2) is 10.2. The first-order valence-electron chi connectivity index (χ1n) is 14.0. The van der Waals surface area contributed by atoms with Gasteiger partial charge in [-0.25, -0.2) is 0 Å². The van der Waals surface area contributed by atoms with Gasteiger partial charge in [0, 0.05) is 17.4 Å². The van der Waals surface area contributed by atoms with Crippen molar-refractivity contribution in [3.63, 3.8) is 0 Å². The van der Waals surface area contributed by atoms with Crippen LogP contribution in [0.5, 0.6) is 11.5 Å². The zero-order valence-electron chi connectivity index (χ0n) is 23.4. The van der Waals surface area contributed by atoms with E-state index in [4.69, 9.17) is 14.2 Å². The minimum absolute atomic E-state index is 0.0136. The smallest absolute Gasteiger partial charge is 0.187 e. The van der Waals surface area contributed by atoms with E-state index in [9.17, 15) is 40.5 Å². The molecule has 4 aliphatic rings. The molecule has 2 aliphatic heterocycles. The first-order chi connectivity index (χ1) is 18.7. The average Bonchev–Trinajstić information content (AvgIpc) is 3.32. The van der Waals surface area contributed by atoms with Crippen molar-refractivity contribution in [2.24, 2.45) is 22.7 Å². The first kappa shape index (κ1) is 29.7. The average molecular weight is 567 g/mol. The molecule has 3 fully saturated rings. The number of aromatic hydroxyl groups is 1. The standard InChI is InChI=1S/C29H42O11/c1-13-5-6-20-27(2,3)25(37)18(33)9-28(20,4)29(13)8-15-17(32)7-14(16(10-30)24(15)40-29)12-38-26-23(36)22(35)21(34)19(11-31)39-26/h7,10,13,18-23,25-26,31-37H,5-6,8-9,11-12H2,1-4H3/t13-,18-,19-,20+,21-,22+,23-,25-,26+,28+,29-/m1/s1. The van der Waals surface area contributed by atoms with Crippen molar-refractivity contribution in [3.8, 4) is 11.5 Å². The largest absolute Gasteiger partial charge is 0.508 e. The SMILES string of the molecule is C[C@@H]1CC[C@H]2C(C)(C)[C@H](O)[C@H](O)C[C@]2(C)[C@@]12Cc1c(O)cc(CO[C@H]3O[C@H](CO)[C@@H](O)[C@H](O)[C@H]3O)c(C=O)c1O2. The number of benzene rings is 1. The molecular formula is C29H42O11. The van der Waals surface area contributed by atoms with Gasteiger partial charge in [-0.2, -0.15) is 0 Å². The highest BCUT2D eigenvalue weighted by molar-refractivity contribution is 5.84. The maximum Gasteiger partial charge on any atom is 0.187 e. The Bertz CT molecular complexity index is 1140. The number of hydrogen-bond donors (Lipinski definition) is 7. The Kier molecular flexibility index (Phi) is 7.54. The van der Waals surface area contributed by atoms with Crippen LogP contribution >= 0.6 is 0 Å². The van der Waals surface area contributed by atoms with Gasteiger partial charge < -0.3 is 50.0 Å². The van der Waals surface area contributed by atoms with Gasteiger partial charge in [0.25, 0.3) is 0 Å². The molecule has 7 N–H and O–H groups in total.